The number of pyridine rings is 2. The lowest BCUT2D eigenvalue weighted by atomic mass is 9.96. The van der Waals surface area contributed by atoms with Crippen molar-refractivity contribution in [2.75, 3.05) is 5.32 Å². The fourth-order valence-electron chi connectivity index (χ4n) is 3.01. The molecular weight excluding hydrogens is 346 g/mol. The first-order valence-electron chi connectivity index (χ1n) is 8.22. The summed E-state index contributed by atoms with van der Waals surface area (Å²) in [6.45, 7) is 0. The highest BCUT2D eigenvalue weighted by Crippen LogP contribution is 2.38. The van der Waals surface area contributed by atoms with Crippen molar-refractivity contribution in [3.05, 3.63) is 95.3 Å². The molecule has 0 aliphatic rings. The number of hydrogen-bond acceptors (Lipinski definition) is 4. The second-order valence-electron chi connectivity index (χ2n) is 5.89. The van der Waals surface area contributed by atoms with Crippen molar-refractivity contribution in [3.63, 3.8) is 0 Å². The maximum absolute atomic E-state index is 10.9. The highest BCUT2D eigenvalue weighted by Gasteiger charge is 2.22. The van der Waals surface area contributed by atoms with Gasteiger partial charge >= 0.3 is 0 Å². The minimum atomic E-state index is -0.370. The Morgan fingerprint density at radius 1 is 0.808 bits per heavy atom. The number of nitrogens with zero attached hydrogens (tertiary/aromatic N) is 2. The topological polar surface area (TPSA) is 58.0 Å². The van der Waals surface area contributed by atoms with Crippen LogP contribution in [-0.4, -0.2) is 15.1 Å². The molecule has 4 rings (SSSR count). The SMILES string of the molecule is Oc1c([C@H](Nc2ccccn2)c2ccccc2Cl)ccc2cccnc12. The third-order valence-electron chi connectivity index (χ3n) is 4.26. The molecule has 4 aromatic rings. The molecular formula is C21H16ClN3O. The molecule has 0 saturated carbocycles. The highest BCUT2D eigenvalue weighted by molar-refractivity contribution is 6.31. The lowest BCUT2D eigenvalue weighted by molar-refractivity contribution is 0.471. The zero-order valence-corrected chi connectivity index (χ0v) is 14.6. The second-order valence-corrected chi connectivity index (χ2v) is 6.30. The van der Waals surface area contributed by atoms with Crippen molar-refractivity contribution in [1.29, 1.82) is 0 Å². The van der Waals surface area contributed by atoms with E-state index < -0.39 is 0 Å². The first-order valence-corrected chi connectivity index (χ1v) is 8.60. The Labute approximate surface area is 156 Å². The van der Waals surface area contributed by atoms with Crippen molar-refractivity contribution in [3.8, 4) is 5.75 Å². The lowest BCUT2D eigenvalue weighted by Crippen LogP contribution is -2.14. The summed E-state index contributed by atoms with van der Waals surface area (Å²) < 4.78 is 0. The van der Waals surface area contributed by atoms with E-state index in [1.54, 1.807) is 12.4 Å². The molecule has 5 heteroatoms. The van der Waals surface area contributed by atoms with Gasteiger partial charge in [-0.3, -0.25) is 4.98 Å². The number of fused-ring (bicyclic) bond motifs is 1. The van der Waals surface area contributed by atoms with Gasteiger partial charge in [0.2, 0.25) is 0 Å². The van der Waals surface area contributed by atoms with E-state index in [2.05, 4.69) is 15.3 Å². The molecule has 0 unspecified atom stereocenters. The van der Waals surface area contributed by atoms with Crippen LogP contribution < -0.4 is 5.32 Å². The van der Waals surface area contributed by atoms with Gasteiger partial charge in [0, 0.05) is 28.4 Å². The maximum atomic E-state index is 10.9. The number of aromatic hydroxyl groups is 1. The van der Waals surface area contributed by atoms with Gasteiger partial charge in [-0.05, 0) is 29.8 Å². The van der Waals surface area contributed by atoms with Gasteiger partial charge in [0.05, 0.1) is 6.04 Å². The van der Waals surface area contributed by atoms with Crippen molar-refractivity contribution < 1.29 is 5.11 Å². The summed E-state index contributed by atoms with van der Waals surface area (Å²) in [6, 6.07) is 20.4. The Morgan fingerprint density at radius 2 is 1.62 bits per heavy atom. The summed E-state index contributed by atoms with van der Waals surface area (Å²) in [6.07, 6.45) is 3.39. The Kier molecular flexibility index (Phi) is 4.42. The Bertz CT molecular complexity index is 1050. The van der Waals surface area contributed by atoms with E-state index >= 15 is 0 Å². The van der Waals surface area contributed by atoms with Crippen LogP contribution in [0.5, 0.6) is 5.75 Å². The minimum Gasteiger partial charge on any atom is -0.505 e. The zero-order valence-electron chi connectivity index (χ0n) is 13.8. The van der Waals surface area contributed by atoms with E-state index in [0.717, 1.165) is 10.9 Å². The molecule has 0 amide bonds. The van der Waals surface area contributed by atoms with Crippen LogP contribution in [0.2, 0.25) is 5.02 Å². The summed E-state index contributed by atoms with van der Waals surface area (Å²) in [5.41, 5.74) is 2.10. The van der Waals surface area contributed by atoms with E-state index in [-0.39, 0.29) is 11.8 Å². The number of hydrogen-bond donors (Lipinski definition) is 2. The van der Waals surface area contributed by atoms with Crippen LogP contribution in [0.3, 0.4) is 0 Å². The van der Waals surface area contributed by atoms with Crippen LogP contribution in [0, 0.1) is 0 Å². The molecule has 4 nitrogen and oxygen atoms in total. The highest BCUT2D eigenvalue weighted by atomic mass is 35.5. The van der Waals surface area contributed by atoms with Gasteiger partial charge < -0.3 is 10.4 Å². The van der Waals surface area contributed by atoms with Gasteiger partial charge in [0.15, 0.2) is 0 Å². The van der Waals surface area contributed by atoms with E-state index in [1.807, 2.05) is 66.7 Å². The third-order valence-corrected chi connectivity index (χ3v) is 4.61. The van der Waals surface area contributed by atoms with Gasteiger partial charge in [-0.15, -0.1) is 0 Å². The van der Waals surface area contributed by atoms with Crippen LogP contribution in [0.4, 0.5) is 5.82 Å². The molecule has 2 heterocycles. The Hall–Kier alpha value is -3.11. The molecule has 1 atom stereocenters. The van der Waals surface area contributed by atoms with Crippen LogP contribution in [0.15, 0.2) is 79.1 Å². The van der Waals surface area contributed by atoms with Gasteiger partial charge in [-0.2, -0.15) is 0 Å². The number of benzene rings is 2. The zero-order chi connectivity index (χ0) is 17.9. The van der Waals surface area contributed by atoms with Gasteiger partial charge in [-0.1, -0.05) is 54.1 Å². The number of nitrogens with one attached hydrogen (secondary N) is 1. The molecule has 0 bridgehead atoms. The Balaban J connectivity index is 1.88. The predicted octanol–water partition coefficient (Wildman–Crippen LogP) is 5.19. The first-order chi connectivity index (χ1) is 12.7. The van der Waals surface area contributed by atoms with Gasteiger partial charge in [0.25, 0.3) is 0 Å². The minimum absolute atomic E-state index is 0.136. The summed E-state index contributed by atoms with van der Waals surface area (Å²) in [5, 5.41) is 15.8. The number of halogens is 1. The largest absolute Gasteiger partial charge is 0.505 e. The van der Waals surface area contributed by atoms with Gasteiger partial charge in [0.1, 0.15) is 17.1 Å². The molecule has 0 saturated heterocycles. The number of rotatable bonds is 4. The van der Waals surface area contributed by atoms with E-state index in [0.29, 0.717) is 21.9 Å². The predicted molar refractivity (Wildman–Crippen MR) is 105 cm³/mol. The number of phenols is 1. The van der Waals surface area contributed by atoms with Gasteiger partial charge in [-0.25, -0.2) is 4.98 Å². The van der Waals surface area contributed by atoms with E-state index in [1.165, 1.54) is 0 Å². The average Bonchev–Trinajstić information content (AvgIpc) is 2.68. The molecule has 0 fully saturated rings. The van der Waals surface area contributed by atoms with Crippen molar-refractivity contribution in [2.24, 2.45) is 0 Å². The normalized spacial score (nSPS) is 12.0. The quantitative estimate of drug-likeness (QED) is 0.525. The Morgan fingerprint density at radius 3 is 2.42 bits per heavy atom. The van der Waals surface area contributed by atoms with Crippen molar-refractivity contribution in [2.45, 2.75) is 6.04 Å². The lowest BCUT2D eigenvalue weighted by Gasteiger charge is -2.22. The summed E-state index contributed by atoms with van der Waals surface area (Å²) >= 11 is 6.45. The molecule has 0 radical (unpaired) electrons. The first kappa shape index (κ1) is 16.4. The van der Waals surface area contributed by atoms with Crippen molar-refractivity contribution in [1.82, 2.24) is 9.97 Å². The fourth-order valence-corrected chi connectivity index (χ4v) is 3.25. The second kappa shape index (κ2) is 7.02. The average molecular weight is 362 g/mol. The number of phenolic OH excluding ortho intramolecular Hbond substituents is 1. The summed E-state index contributed by atoms with van der Waals surface area (Å²) in [4.78, 5) is 8.66. The van der Waals surface area contributed by atoms with Crippen molar-refractivity contribution >= 4 is 28.3 Å². The molecule has 2 N–H and O–H groups in total. The van der Waals surface area contributed by atoms with Crippen LogP contribution in [0.1, 0.15) is 17.2 Å². The molecule has 128 valence electrons. The van der Waals surface area contributed by atoms with E-state index in [9.17, 15) is 5.11 Å². The summed E-state index contributed by atoms with van der Waals surface area (Å²) in [7, 11) is 0. The van der Waals surface area contributed by atoms with E-state index in [4.69, 9.17) is 11.6 Å². The number of anilines is 1. The monoisotopic (exact) mass is 361 g/mol. The van der Waals surface area contributed by atoms with Crippen LogP contribution in [-0.2, 0) is 0 Å². The third kappa shape index (κ3) is 3.07. The summed E-state index contributed by atoms with van der Waals surface area (Å²) in [5.74, 6) is 0.828. The number of aromatic nitrogens is 2. The van der Waals surface area contributed by atoms with Crippen LogP contribution in [0.25, 0.3) is 10.9 Å². The molecule has 0 aliphatic carbocycles. The standard InChI is InChI=1S/C21H16ClN3O/c22-17-8-2-1-7-15(17)20(25-18-9-3-4-12-23-18)16-11-10-14-6-5-13-24-19(14)21(16)26/h1-13,20,26H,(H,23,25)/t20-/m1/s1. The molecule has 0 spiro atoms. The molecule has 2 aromatic carbocycles. The van der Waals surface area contributed by atoms with Crippen LogP contribution >= 0.6 is 11.6 Å². The molecule has 26 heavy (non-hydrogen) atoms. The molecule has 2 aromatic heterocycles. The maximum Gasteiger partial charge on any atom is 0.147 e. The smallest absolute Gasteiger partial charge is 0.147 e. The molecule has 0 aliphatic heterocycles. The fraction of sp³-hybridized carbons (Fsp3) is 0.0476.